The largest absolute Gasteiger partial charge is 0.494 e. The molecule has 1 aromatic carbocycles. The van der Waals surface area contributed by atoms with Crippen molar-refractivity contribution in [3.63, 3.8) is 0 Å². The van der Waals surface area contributed by atoms with Gasteiger partial charge in [0.1, 0.15) is 5.75 Å². The van der Waals surface area contributed by atoms with E-state index in [1.807, 2.05) is 47.9 Å². The van der Waals surface area contributed by atoms with Crippen LogP contribution in [-0.4, -0.2) is 26.4 Å². The summed E-state index contributed by atoms with van der Waals surface area (Å²) in [5.41, 5.74) is 1.80. The van der Waals surface area contributed by atoms with Gasteiger partial charge in [-0.25, -0.2) is 0 Å². The molecule has 0 aliphatic rings. The van der Waals surface area contributed by atoms with E-state index >= 15 is 0 Å². The quantitative estimate of drug-likeness (QED) is 0.750. The highest BCUT2D eigenvalue weighted by molar-refractivity contribution is 7.71. The molecule has 0 bridgehead atoms. The molecular weight excluding hydrogens is 284 g/mol. The van der Waals surface area contributed by atoms with E-state index in [9.17, 15) is 0 Å². The van der Waals surface area contributed by atoms with Gasteiger partial charge in [0.2, 0.25) is 0 Å². The SMILES string of the molecule is CCOc1cccc(-n2c(-c3cccnc3)n[nH]c2=S)c1. The van der Waals surface area contributed by atoms with E-state index < -0.39 is 0 Å². The molecule has 0 aliphatic heterocycles. The van der Waals surface area contributed by atoms with Gasteiger partial charge in [-0.1, -0.05) is 6.07 Å². The summed E-state index contributed by atoms with van der Waals surface area (Å²) in [6, 6.07) is 11.6. The summed E-state index contributed by atoms with van der Waals surface area (Å²) >= 11 is 5.35. The van der Waals surface area contributed by atoms with Crippen LogP contribution < -0.4 is 4.74 Å². The highest BCUT2D eigenvalue weighted by Gasteiger charge is 2.11. The van der Waals surface area contributed by atoms with Crippen molar-refractivity contribution in [1.82, 2.24) is 19.7 Å². The number of nitrogens with one attached hydrogen (secondary N) is 1. The molecule has 2 aromatic heterocycles. The highest BCUT2D eigenvalue weighted by Crippen LogP contribution is 2.23. The molecule has 21 heavy (non-hydrogen) atoms. The number of ether oxygens (including phenoxy) is 1. The number of nitrogens with zero attached hydrogens (tertiary/aromatic N) is 3. The van der Waals surface area contributed by atoms with Gasteiger partial charge in [0, 0.05) is 24.0 Å². The van der Waals surface area contributed by atoms with Gasteiger partial charge >= 0.3 is 0 Å². The van der Waals surface area contributed by atoms with Crippen molar-refractivity contribution >= 4 is 12.2 Å². The molecule has 0 amide bonds. The molecule has 0 fully saturated rings. The number of aromatic nitrogens is 4. The number of hydrogen-bond acceptors (Lipinski definition) is 4. The van der Waals surface area contributed by atoms with Crippen LogP contribution in [0.3, 0.4) is 0 Å². The van der Waals surface area contributed by atoms with E-state index in [1.165, 1.54) is 0 Å². The van der Waals surface area contributed by atoms with Crippen molar-refractivity contribution in [2.24, 2.45) is 0 Å². The van der Waals surface area contributed by atoms with Crippen LogP contribution >= 0.6 is 12.2 Å². The second-order valence-corrected chi connectivity index (χ2v) is 4.75. The summed E-state index contributed by atoms with van der Waals surface area (Å²) in [5, 5.41) is 7.14. The smallest absolute Gasteiger partial charge is 0.200 e. The second-order valence-electron chi connectivity index (χ2n) is 4.36. The molecule has 0 spiro atoms. The van der Waals surface area contributed by atoms with Gasteiger partial charge < -0.3 is 4.74 Å². The van der Waals surface area contributed by atoms with Crippen LogP contribution in [0.15, 0.2) is 48.8 Å². The maximum Gasteiger partial charge on any atom is 0.200 e. The Bertz CT molecular complexity index is 795. The van der Waals surface area contributed by atoms with Crippen molar-refractivity contribution in [2.75, 3.05) is 6.61 Å². The summed E-state index contributed by atoms with van der Waals surface area (Å²) in [7, 11) is 0. The maximum atomic E-state index is 5.54. The number of rotatable bonds is 4. The molecule has 2 heterocycles. The van der Waals surface area contributed by atoms with Crippen molar-refractivity contribution in [1.29, 1.82) is 0 Å². The van der Waals surface area contributed by atoms with E-state index in [-0.39, 0.29) is 0 Å². The number of pyridine rings is 1. The van der Waals surface area contributed by atoms with E-state index in [0.717, 1.165) is 22.8 Å². The van der Waals surface area contributed by atoms with E-state index in [1.54, 1.807) is 12.4 Å². The lowest BCUT2D eigenvalue weighted by Gasteiger charge is -2.09. The fourth-order valence-electron chi connectivity index (χ4n) is 2.10. The number of H-pyrrole nitrogens is 1. The van der Waals surface area contributed by atoms with Crippen molar-refractivity contribution in [3.8, 4) is 22.8 Å². The van der Waals surface area contributed by atoms with Crippen LogP contribution in [0.1, 0.15) is 6.92 Å². The maximum absolute atomic E-state index is 5.54. The lowest BCUT2D eigenvalue weighted by molar-refractivity contribution is 0.340. The summed E-state index contributed by atoms with van der Waals surface area (Å²) in [4.78, 5) is 4.13. The number of aromatic amines is 1. The molecule has 3 aromatic rings. The lowest BCUT2D eigenvalue weighted by atomic mass is 10.2. The molecule has 6 heteroatoms. The molecule has 0 radical (unpaired) electrons. The standard InChI is InChI=1S/C15H14N4OS/c1-2-20-13-7-3-6-12(9-13)19-14(17-18-15(19)21)11-5-4-8-16-10-11/h3-10H,2H2,1H3,(H,18,21). The molecule has 0 unspecified atom stereocenters. The predicted molar refractivity (Wildman–Crippen MR) is 83.1 cm³/mol. The first-order valence-electron chi connectivity index (χ1n) is 6.60. The zero-order chi connectivity index (χ0) is 14.7. The third-order valence-corrected chi connectivity index (χ3v) is 3.25. The van der Waals surface area contributed by atoms with Crippen LogP contribution in [0.2, 0.25) is 0 Å². The normalized spacial score (nSPS) is 10.5. The van der Waals surface area contributed by atoms with Crippen LogP contribution in [0.25, 0.3) is 17.1 Å². The fraction of sp³-hybridized carbons (Fsp3) is 0.133. The van der Waals surface area contributed by atoms with Crippen molar-refractivity contribution < 1.29 is 4.74 Å². The molecule has 3 rings (SSSR count). The fourth-order valence-corrected chi connectivity index (χ4v) is 2.34. The third kappa shape index (κ3) is 2.71. The minimum Gasteiger partial charge on any atom is -0.494 e. The minimum absolute atomic E-state index is 0.530. The molecule has 5 nitrogen and oxygen atoms in total. The van der Waals surface area contributed by atoms with Gasteiger partial charge in [-0.05, 0) is 43.4 Å². The average molecular weight is 298 g/mol. The molecule has 106 valence electrons. The number of hydrogen-bond donors (Lipinski definition) is 1. The minimum atomic E-state index is 0.530. The Morgan fingerprint density at radius 2 is 2.19 bits per heavy atom. The Balaban J connectivity index is 2.13. The number of benzene rings is 1. The topological polar surface area (TPSA) is 55.7 Å². The van der Waals surface area contributed by atoms with Crippen molar-refractivity contribution in [2.45, 2.75) is 6.92 Å². The molecule has 1 N–H and O–H groups in total. The Morgan fingerprint density at radius 1 is 1.29 bits per heavy atom. The van der Waals surface area contributed by atoms with E-state index in [2.05, 4.69) is 15.2 Å². The molecule has 0 saturated carbocycles. The van der Waals surface area contributed by atoms with Crippen LogP contribution in [0, 0.1) is 4.77 Å². The summed E-state index contributed by atoms with van der Waals surface area (Å²) in [6.07, 6.45) is 3.48. The Kier molecular flexibility index (Phi) is 3.79. The lowest BCUT2D eigenvalue weighted by Crippen LogP contribution is -1.99. The van der Waals surface area contributed by atoms with Gasteiger partial charge in [-0.3, -0.25) is 14.6 Å². The van der Waals surface area contributed by atoms with Gasteiger partial charge in [0.15, 0.2) is 10.6 Å². The van der Waals surface area contributed by atoms with Gasteiger partial charge in [0.25, 0.3) is 0 Å². The summed E-state index contributed by atoms with van der Waals surface area (Å²) < 4.78 is 7.94. The van der Waals surface area contributed by atoms with E-state index in [0.29, 0.717) is 11.4 Å². The zero-order valence-electron chi connectivity index (χ0n) is 11.5. The Hall–Kier alpha value is -2.47. The molecule has 0 atom stereocenters. The Morgan fingerprint density at radius 3 is 2.95 bits per heavy atom. The first kappa shape index (κ1) is 13.5. The van der Waals surface area contributed by atoms with Gasteiger partial charge in [-0.15, -0.1) is 0 Å². The molecule has 0 saturated heterocycles. The van der Waals surface area contributed by atoms with Crippen LogP contribution in [0.4, 0.5) is 0 Å². The average Bonchev–Trinajstić information content (AvgIpc) is 2.90. The first-order valence-corrected chi connectivity index (χ1v) is 7.01. The van der Waals surface area contributed by atoms with Crippen LogP contribution in [-0.2, 0) is 0 Å². The predicted octanol–water partition coefficient (Wildman–Crippen LogP) is 3.39. The van der Waals surface area contributed by atoms with Crippen LogP contribution in [0.5, 0.6) is 5.75 Å². The molecule has 0 aliphatic carbocycles. The summed E-state index contributed by atoms with van der Waals surface area (Å²) in [6.45, 7) is 2.58. The van der Waals surface area contributed by atoms with Gasteiger partial charge in [-0.2, -0.15) is 5.10 Å². The Labute approximate surface area is 127 Å². The first-order chi connectivity index (χ1) is 10.3. The second kappa shape index (κ2) is 5.88. The highest BCUT2D eigenvalue weighted by atomic mass is 32.1. The third-order valence-electron chi connectivity index (χ3n) is 2.98. The van der Waals surface area contributed by atoms with Gasteiger partial charge in [0.05, 0.1) is 12.3 Å². The summed E-state index contributed by atoms with van der Waals surface area (Å²) in [5.74, 6) is 1.52. The van der Waals surface area contributed by atoms with E-state index in [4.69, 9.17) is 17.0 Å². The molecular formula is C15H14N4OS. The monoisotopic (exact) mass is 298 g/mol. The zero-order valence-corrected chi connectivity index (χ0v) is 12.3. The van der Waals surface area contributed by atoms with Crippen molar-refractivity contribution in [3.05, 3.63) is 53.6 Å².